The van der Waals surface area contributed by atoms with Crippen LogP contribution < -0.4 is 0 Å². The van der Waals surface area contributed by atoms with Gasteiger partial charge in [0, 0.05) is 6.42 Å². The Balaban J connectivity index is 1.99. The first-order chi connectivity index (χ1) is 9.36. The Hall–Kier alpha value is -0.590. The van der Waals surface area contributed by atoms with E-state index in [1.54, 1.807) is 0 Å². The lowest BCUT2D eigenvalue weighted by atomic mass is 9.61. The molecule has 2 fully saturated rings. The minimum Gasteiger partial charge on any atom is -0.295 e. The van der Waals surface area contributed by atoms with Crippen LogP contribution in [-0.4, -0.2) is 5.78 Å². The molecule has 1 nitrogen and oxygen atoms in total. The fourth-order valence-corrected chi connectivity index (χ4v) is 4.92. The van der Waals surface area contributed by atoms with Crippen LogP contribution in [0.3, 0.4) is 0 Å². The van der Waals surface area contributed by atoms with Crippen LogP contribution in [-0.2, 0) is 4.79 Å². The molecule has 0 aromatic carbocycles. The average molecular weight is 276 g/mol. The number of carbonyl (C=O) groups is 1. The van der Waals surface area contributed by atoms with E-state index in [2.05, 4.69) is 34.3 Å². The predicted octanol–water partition coefficient (Wildman–Crippen LogP) is 5.40. The highest BCUT2D eigenvalue weighted by Gasteiger charge is 2.52. The fourth-order valence-electron chi connectivity index (χ4n) is 4.92. The SMILES string of the molecule is C=C1C(=O)CC[C@]2(C)[C@@H]([C@H](C)CCCC(C)C)CC[C@@H]12. The Morgan fingerprint density at radius 2 is 1.95 bits per heavy atom. The van der Waals surface area contributed by atoms with Gasteiger partial charge in [0.15, 0.2) is 5.78 Å². The zero-order chi connectivity index (χ0) is 14.9. The standard InChI is InChI=1S/C19H32O/c1-13(2)7-6-8-14(3)16-9-10-17-15(4)18(20)11-12-19(16,17)5/h13-14,16-17H,4,6-12H2,1-3,5H3/t14-,16-,17+,19-/m1/s1. The van der Waals surface area contributed by atoms with E-state index in [1.165, 1.54) is 32.1 Å². The van der Waals surface area contributed by atoms with Crippen molar-refractivity contribution in [2.75, 3.05) is 0 Å². The van der Waals surface area contributed by atoms with Crippen molar-refractivity contribution in [1.29, 1.82) is 0 Å². The molecule has 0 N–H and O–H groups in total. The summed E-state index contributed by atoms with van der Waals surface area (Å²) < 4.78 is 0. The third-order valence-corrected chi connectivity index (χ3v) is 6.21. The van der Waals surface area contributed by atoms with Crippen molar-refractivity contribution in [1.82, 2.24) is 0 Å². The van der Waals surface area contributed by atoms with E-state index < -0.39 is 0 Å². The van der Waals surface area contributed by atoms with Gasteiger partial charge in [0.1, 0.15) is 0 Å². The Morgan fingerprint density at radius 1 is 1.25 bits per heavy atom. The zero-order valence-corrected chi connectivity index (χ0v) is 13.9. The van der Waals surface area contributed by atoms with Gasteiger partial charge in [0.2, 0.25) is 0 Å². The first-order valence-corrected chi connectivity index (χ1v) is 8.58. The van der Waals surface area contributed by atoms with Crippen molar-refractivity contribution in [3.63, 3.8) is 0 Å². The molecule has 0 bridgehead atoms. The summed E-state index contributed by atoms with van der Waals surface area (Å²) in [5, 5.41) is 0. The maximum atomic E-state index is 11.9. The van der Waals surface area contributed by atoms with Crippen LogP contribution in [0.5, 0.6) is 0 Å². The molecule has 0 aromatic heterocycles. The van der Waals surface area contributed by atoms with Gasteiger partial charge in [0.25, 0.3) is 0 Å². The molecule has 2 aliphatic rings. The van der Waals surface area contributed by atoms with Crippen LogP contribution in [0.1, 0.15) is 72.6 Å². The smallest absolute Gasteiger partial charge is 0.158 e. The third-order valence-electron chi connectivity index (χ3n) is 6.21. The van der Waals surface area contributed by atoms with Crippen LogP contribution in [0.15, 0.2) is 12.2 Å². The number of carbonyl (C=O) groups excluding carboxylic acids is 1. The lowest BCUT2D eigenvalue weighted by Gasteiger charge is -2.43. The maximum Gasteiger partial charge on any atom is 0.158 e. The summed E-state index contributed by atoms with van der Waals surface area (Å²) in [4.78, 5) is 11.9. The van der Waals surface area contributed by atoms with Gasteiger partial charge < -0.3 is 0 Å². The summed E-state index contributed by atoms with van der Waals surface area (Å²) in [5.41, 5.74) is 1.29. The normalized spacial score (nSPS) is 35.5. The number of Topliss-reactive ketones (excluding diaryl/α,β-unsaturated/α-hetero) is 1. The summed E-state index contributed by atoms with van der Waals surface area (Å²) in [6, 6.07) is 0. The molecule has 0 aliphatic heterocycles. The molecule has 0 unspecified atom stereocenters. The van der Waals surface area contributed by atoms with E-state index in [0.29, 0.717) is 17.1 Å². The fraction of sp³-hybridized carbons (Fsp3) is 0.842. The van der Waals surface area contributed by atoms with Gasteiger partial charge in [-0.2, -0.15) is 0 Å². The van der Waals surface area contributed by atoms with Crippen molar-refractivity contribution in [2.24, 2.45) is 29.1 Å². The molecule has 20 heavy (non-hydrogen) atoms. The first kappa shape index (κ1) is 15.8. The van der Waals surface area contributed by atoms with Crippen LogP contribution >= 0.6 is 0 Å². The van der Waals surface area contributed by atoms with Gasteiger partial charge in [0.05, 0.1) is 0 Å². The van der Waals surface area contributed by atoms with Gasteiger partial charge in [-0.3, -0.25) is 4.79 Å². The molecule has 0 heterocycles. The molecule has 0 saturated heterocycles. The van der Waals surface area contributed by atoms with E-state index in [9.17, 15) is 4.79 Å². The summed E-state index contributed by atoms with van der Waals surface area (Å²) >= 11 is 0. The zero-order valence-electron chi connectivity index (χ0n) is 13.9. The molecule has 0 aromatic rings. The molecule has 2 rings (SSSR count). The van der Waals surface area contributed by atoms with Crippen molar-refractivity contribution in [3.8, 4) is 0 Å². The Kier molecular flexibility index (Phi) is 4.76. The topological polar surface area (TPSA) is 17.1 Å². The highest BCUT2D eigenvalue weighted by molar-refractivity contribution is 5.96. The van der Waals surface area contributed by atoms with Gasteiger partial charge in [-0.05, 0) is 53.9 Å². The largest absolute Gasteiger partial charge is 0.295 e. The van der Waals surface area contributed by atoms with Gasteiger partial charge >= 0.3 is 0 Å². The van der Waals surface area contributed by atoms with Crippen molar-refractivity contribution >= 4 is 5.78 Å². The van der Waals surface area contributed by atoms with E-state index in [-0.39, 0.29) is 0 Å². The van der Waals surface area contributed by atoms with E-state index in [1.807, 2.05) is 0 Å². The lowest BCUT2D eigenvalue weighted by Crippen LogP contribution is -2.38. The third kappa shape index (κ3) is 2.87. The van der Waals surface area contributed by atoms with Crippen molar-refractivity contribution < 1.29 is 4.79 Å². The van der Waals surface area contributed by atoms with Gasteiger partial charge in [-0.15, -0.1) is 0 Å². The quantitative estimate of drug-likeness (QED) is 0.614. The van der Waals surface area contributed by atoms with Crippen molar-refractivity contribution in [3.05, 3.63) is 12.2 Å². The molecule has 0 spiro atoms. The summed E-state index contributed by atoms with van der Waals surface area (Å²) in [6.45, 7) is 13.6. The number of hydrogen-bond acceptors (Lipinski definition) is 1. The van der Waals surface area contributed by atoms with Crippen LogP contribution in [0.25, 0.3) is 0 Å². The first-order valence-electron chi connectivity index (χ1n) is 8.58. The summed E-state index contributed by atoms with van der Waals surface area (Å²) in [6.07, 6.45) is 8.39. The monoisotopic (exact) mass is 276 g/mol. The molecule has 0 amide bonds. The van der Waals surface area contributed by atoms with Gasteiger partial charge in [-0.1, -0.05) is 53.5 Å². The van der Waals surface area contributed by atoms with Crippen molar-refractivity contribution in [2.45, 2.75) is 72.6 Å². The highest BCUT2D eigenvalue weighted by atomic mass is 16.1. The second kappa shape index (κ2) is 6.03. The maximum absolute atomic E-state index is 11.9. The minimum absolute atomic E-state index is 0.334. The summed E-state index contributed by atoms with van der Waals surface area (Å²) in [5.74, 6) is 3.22. The number of rotatable bonds is 5. The average Bonchev–Trinajstić information content (AvgIpc) is 2.72. The van der Waals surface area contributed by atoms with Crippen LogP contribution in [0.2, 0.25) is 0 Å². The highest BCUT2D eigenvalue weighted by Crippen LogP contribution is 2.58. The molecule has 4 atom stereocenters. The predicted molar refractivity (Wildman–Crippen MR) is 85.6 cm³/mol. The Morgan fingerprint density at radius 3 is 2.60 bits per heavy atom. The van der Waals surface area contributed by atoms with Gasteiger partial charge in [-0.25, -0.2) is 0 Å². The number of allylic oxidation sites excluding steroid dienone is 1. The second-order valence-electron chi connectivity index (χ2n) is 7.99. The Labute approximate surface area is 125 Å². The number of ketones is 1. The van der Waals surface area contributed by atoms with Crippen LogP contribution in [0.4, 0.5) is 0 Å². The lowest BCUT2D eigenvalue weighted by molar-refractivity contribution is -0.119. The molecule has 1 heteroatoms. The molecular weight excluding hydrogens is 244 g/mol. The number of hydrogen-bond donors (Lipinski definition) is 0. The minimum atomic E-state index is 0.334. The molecule has 0 radical (unpaired) electrons. The second-order valence-corrected chi connectivity index (χ2v) is 7.99. The molecule has 114 valence electrons. The van der Waals surface area contributed by atoms with E-state index >= 15 is 0 Å². The van der Waals surface area contributed by atoms with E-state index in [0.717, 1.165) is 36.2 Å². The molecule has 2 aliphatic carbocycles. The Bertz CT molecular complexity index is 381. The molecular formula is C19H32O. The molecule has 2 saturated carbocycles. The van der Waals surface area contributed by atoms with E-state index in [4.69, 9.17) is 0 Å². The van der Waals surface area contributed by atoms with Crippen LogP contribution in [0, 0.1) is 29.1 Å². The summed E-state index contributed by atoms with van der Waals surface area (Å²) in [7, 11) is 0. The number of fused-ring (bicyclic) bond motifs is 1.